The van der Waals surface area contributed by atoms with Gasteiger partial charge < -0.3 is 10.2 Å². The first-order chi connectivity index (χ1) is 19.5. The molecule has 0 bridgehead atoms. The minimum absolute atomic E-state index is 0.0598. The molecule has 41 heavy (non-hydrogen) atoms. The summed E-state index contributed by atoms with van der Waals surface area (Å²) in [6, 6.07) is 23.3. The minimum atomic E-state index is -3.57. The zero-order valence-corrected chi connectivity index (χ0v) is 25.8. The normalized spacial score (nSPS) is 12.8. The van der Waals surface area contributed by atoms with Gasteiger partial charge in [0.1, 0.15) is 6.04 Å². The third-order valence-electron chi connectivity index (χ3n) is 7.11. The zero-order chi connectivity index (χ0) is 30.0. The lowest BCUT2D eigenvalue weighted by atomic mass is 10.0. The molecule has 0 fully saturated rings. The van der Waals surface area contributed by atoms with Crippen molar-refractivity contribution in [1.29, 1.82) is 0 Å². The summed E-state index contributed by atoms with van der Waals surface area (Å²) in [5, 5.41) is 3.56. The van der Waals surface area contributed by atoms with Crippen molar-refractivity contribution >= 4 is 39.1 Å². The van der Waals surface area contributed by atoms with Crippen LogP contribution in [-0.2, 0) is 32.6 Å². The van der Waals surface area contributed by atoms with Crippen LogP contribution in [0.3, 0.4) is 0 Å². The number of amides is 2. The molecule has 0 heterocycles. The SMILES string of the molecule is CC[C@@H](C)NC(=O)[C@@H](Cc1ccccc1)N(Cc1ccccc1Cl)C(=O)CCCN(c1ccccc1C)S(C)(=O)=O. The van der Waals surface area contributed by atoms with Crippen LogP contribution in [0, 0.1) is 6.92 Å². The summed E-state index contributed by atoms with van der Waals surface area (Å²) in [5.74, 6) is -0.482. The van der Waals surface area contributed by atoms with Crippen LogP contribution >= 0.6 is 11.6 Å². The molecule has 0 saturated heterocycles. The van der Waals surface area contributed by atoms with Crippen molar-refractivity contribution in [3.05, 3.63) is 101 Å². The molecule has 7 nitrogen and oxygen atoms in total. The highest BCUT2D eigenvalue weighted by Gasteiger charge is 2.31. The Bertz CT molecular complexity index is 1420. The van der Waals surface area contributed by atoms with Crippen molar-refractivity contribution in [3.8, 4) is 0 Å². The molecule has 220 valence electrons. The number of rotatable bonds is 14. The van der Waals surface area contributed by atoms with E-state index in [1.165, 1.54) is 10.6 Å². The maximum absolute atomic E-state index is 13.9. The van der Waals surface area contributed by atoms with Crippen LogP contribution in [0.25, 0.3) is 0 Å². The van der Waals surface area contributed by atoms with Gasteiger partial charge in [0.25, 0.3) is 0 Å². The van der Waals surface area contributed by atoms with E-state index in [2.05, 4.69) is 5.32 Å². The molecule has 2 amide bonds. The summed E-state index contributed by atoms with van der Waals surface area (Å²) in [6.07, 6.45) is 2.59. The van der Waals surface area contributed by atoms with Gasteiger partial charge in [-0.25, -0.2) is 8.42 Å². The van der Waals surface area contributed by atoms with Gasteiger partial charge in [-0.2, -0.15) is 0 Å². The van der Waals surface area contributed by atoms with Crippen LogP contribution in [0.1, 0.15) is 49.8 Å². The summed E-state index contributed by atoms with van der Waals surface area (Å²) in [6.45, 7) is 6.07. The maximum Gasteiger partial charge on any atom is 0.243 e. The van der Waals surface area contributed by atoms with E-state index in [-0.39, 0.29) is 43.8 Å². The van der Waals surface area contributed by atoms with Crippen LogP contribution in [0.2, 0.25) is 5.02 Å². The van der Waals surface area contributed by atoms with Crippen molar-refractivity contribution in [2.75, 3.05) is 17.1 Å². The van der Waals surface area contributed by atoms with Crippen molar-refractivity contribution in [1.82, 2.24) is 10.2 Å². The largest absolute Gasteiger partial charge is 0.352 e. The monoisotopic (exact) mass is 597 g/mol. The molecule has 9 heteroatoms. The highest BCUT2D eigenvalue weighted by molar-refractivity contribution is 7.92. The van der Waals surface area contributed by atoms with Gasteiger partial charge >= 0.3 is 0 Å². The van der Waals surface area contributed by atoms with E-state index in [4.69, 9.17) is 11.6 Å². The van der Waals surface area contributed by atoms with E-state index >= 15 is 0 Å². The van der Waals surface area contributed by atoms with Gasteiger partial charge in [-0.3, -0.25) is 13.9 Å². The first-order valence-corrected chi connectivity index (χ1v) is 16.1. The van der Waals surface area contributed by atoms with Gasteiger partial charge in [0, 0.05) is 37.0 Å². The van der Waals surface area contributed by atoms with Crippen LogP contribution in [0.4, 0.5) is 5.69 Å². The highest BCUT2D eigenvalue weighted by atomic mass is 35.5. The number of carbonyl (C=O) groups is 2. The first kappa shape index (κ1) is 32.2. The van der Waals surface area contributed by atoms with E-state index in [9.17, 15) is 18.0 Å². The molecule has 1 N–H and O–H groups in total. The summed E-state index contributed by atoms with van der Waals surface area (Å²) in [4.78, 5) is 29.2. The summed E-state index contributed by atoms with van der Waals surface area (Å²) in [7, 11) is -3.57. The topological polar surface area (TPSA) is 86.8 Å². The van der Waals surface area contributed by atoms with Crippen molar-refractivity contribution in [2.45, 2.75) is 65.1 Å². The third-order valence-corrected chi connectivity index (χ3v) is 8.66. The molecule has 0 aliphatic rings. The Morgan fingerprint density at radius 3 is 2.22 bits per heavy atom. The van der Waals surface area contributed by atoms with E-state index in [0.717, 1.165) is 23.1 Å². The van der Waals surface area contributed by atoms with Gasteiger partial charge in [0.2, 0.25) is 21.8 Å². The fraction of sp³-hybridized carbons (Fsp3) is 0.375. The zero-order valence-electron chi connectivity index (χ0n) is 24.2. The summed E-state index contributed by atoms with van der Waals surface area (Å²) in [5.41, 5.74) is 3.07. The van der Waals surface area contributed by atoms with E-state index < -0.39 is 16.1 Å². The minimum Gasteiger partial charge on any atom is -0.352 e. The Kier molecular flexibility index (Phi) is 11.8. The van der Waals surface area contributed by atoms with E-state index in [1.807, 2.05) is 81.4 Å². The lowest BCUT2D eigenvalue weighted by Crippen LogP contribution is -2.52. The Morgan fingerprint density at radius 2 is 1.59 bits per heavy atom. The number of benzene rings is 3. The number of nitrogens with zero attached hydrogens (tertiary/aromatic N) is 2. The lowest BCUT2D eigenvalue weighted by molar-refractivity contribution is -0.141. The third kappa shape index (κ3) is 9.33. The number of carbonyl (C=O) groups excluding carboxylic acids is 2. The number of hydrogen-bond acceptors (Lipinski definition) is 4. The molecular formula is C32H40ClN3O4S. The van der Waals surface area contributed by atoms with Crippen molar-refractivity contribution in [2.24, 2.45) is 0 Å². The van der Waals surface area contributed by atoms with E-state index in [1.54, 1.807) is 23.1 Å². The fourth-order valence-electron chi connectivity index (χ4n) is 4.63. The Balaban J connectivity index is 1.91. The second-order valence-electron chi connectivity index (χ2n) is 10.4. The van der Waals surface area contributed by atoms with Crippen LogP contribution in [-0.4, -0.2) is 50.0 Å². The Morgan fingerprint density at radius 1 is 0.951 bits per heavy atom. The number of sulfonamides is 1. The second-order valence-corrected chi connectivity index (χ2v) is 12.7. The smallest absolute Gasteiger partial charge is 0.243 e. The number of halogens is 1. The predicted octanol–water partition coefficient (Wildman–Crippen LogP) is 5.75. The molecule has 3 aromatic carbocycles. The van der Waals surface area contributed by atoms with Crippen molar-refractivity contribution < 1.29 is 18.0 Å². The average Bonchev–Trinajstić information content (AvgIpc) is 2.94. The average molecular weight is 598 g/mol. The number of nitrogens with one attached hydrogen (secondary N) is 1. The molecule has 2 atom stereocenters. The van der Waals surface area contributed by atoms with Crippen LogP contribution in [0.15, 0.2) is 78.9 Å². The first-order valence-electron chi connectivity index (χ1n) is 13.9. The van der Waals surface area contributed by atoms with E-state index in [0.29, 0.717) is 17.1 Å². The molecule has 0 radical (unpaired) electrons. The van der Waals surface area contributed by atoms with Gasteiger partial charge in [-0.05, 0) is 55.5 Å². The van der Waals surface area contributed by atoms with Crippen LogP contribution in [0.5, 0.6) is 0 Å². The molecule has 0 aliphatic carbocycles. The standard InChI is InChI=1S/C32H40ClN3O4S/c1-5-25(3)34-32(38)30(22-26-15-7-6-8-16-26)35(23-27-17-10-11-18-28(27)33)31(37)20-13-21-36(41(4,39)40)29-19-12-9-14-24(29)2/h6-12,14-19,25,30H,5,13,20-23H2,1-4H3,(H,34,38)/t25-,30-/m1/s1. The predicted molar refractivity (Wildman–Crippen MR) is 166 cm³/mol. The summed E-state index contributed by atoms with van der Waals surface area (Å²) >= 11 is 6.49. The maximum atomic E-state index is 13.9. The number of aryl methyl sites for hydroxylation is 1. The highest BCUT2D eigenvalue weighted by Crippen LogP contribution is 2.24. The van der Waals surface area contributed by atoms with Crippen molar-refractivity contribution in [3.63, 3.8) is 0 Å². The molecule has 3 rings (SSSR count). The molecular weight excluding hydrogens is 558 g/mol. The fourth-order valence-corrected chi connectivity index (χ4v) is 5.85. The van der Waals surface area contributed by atoms with Gasteiger partial charge in [-0.15, -0.1) is 0 Å². The molecule has 0 aliphatic heterocycles. The lowest BCUT2D eigenvalue weighted by Gasteiger charge is -2.33. The number of hydrogen-bond donors (Lipinski definition) is 1. The Labute approximate surface area is 249 Å². The number of anilines is 1. The molecule has 0 aromatic heterocycles. The van der Waals surface area contributed by atoms with Gasteiger partial charge in [-0.1, -0.05) is 85.3 Å². The number of para-hydroxylation sites is 1. The molecule has 0 unspecified atom stereocenters. The summed E-state index contributed by atoms with van der Waals surface area (Å²) < 4.78 is 26.7. The second kappa shape index (κ2) is 15.0. The van der Waals surface area contributed by atoms with Gasteiger partial charge in [0.15, 0.2) is 0 Å². The molecule has 0 spiro atoms. The molecule has 3 aromatic rings. The van der Waals surface area contributed by atoms with Crippen LogP contribution < -0.4 is 9.62 Å². The molecule has 0 saturated carbocycles. The van der Waals surface area contributed by atoms with Gasteiger partial charge in [0.05, 0.1) is 11.9 Å². The quantitative estimate of drug-likeness (QED) is 0.256. The Hall–Kier alpha value is -3.36.